The number of aliphatic hydroxyl groups excluding tert-OH is 2. The molecule has 0 saturated carbocycles. The summed E-state index contributed by atoms with van der Waals surface area (Å²) in [5.74, 6) is 0. The summed E-state index contributed by atoms with van der Waals surface area (Å²) >= 11 is 0. The van der Waals surface area contributed by atoms with Crippen LogP contribution in [0.25, 0.3) is 0 Å². The lowest BCUT2D eigenvalue weighted by atomic mass is 10.1. The fourth-order valence-electron chi connectivity index (χ4n) is 2.10. The van der Waals surface area contributed by atoms with E-state index in [9.17, 15) is 5.11 Å². The Morgan fingerprint density at radius 1 is 1.56 bits per heavy atom. The van der Waals surface area contributed by atoms with Crippen molar-refractivity contribution in [2.45, 2.75) is 32.1 Å². The first-order valence-corrected chi connectivity index (χ1v) is 6.25. The molecule has 2 rings (SSSR count). The van der Waals surface area contributed by atoms with E-state index in [-0.39, 0.29) is 18.8 Å². The molecule has 3 atom stereocenters. The van der Waals surface area contributed by atoms with Crippen molar-refractivity contribution < 1.29 is 14.9 Å². The first-order chi connectivity index (χ1) is 8.61. The number of morpholine rings is 1. The van der Waals surface area contributed by atoms with Crippen LogP contribution in [0, 0.1) is 0 Å². The van der Waals surface area contributed by atoms with Crippen molar-refractivity contribution in [1.82, 2.24) is 4.98 Å². The van der Waals surface area contributed by atoms with Gasteiger partial charge in [-0.2, -0.15) is 0 Å². The highest BCUT2D eigenvalue weighted by Gasteiger charge is 2.25. The standard InChI is InChI=1S/C13H20N2O3/c1-9-8-18-12(7-16)6-15(9)11-3-4-13(10(2)17)14-5-11/h3-5,9-10,12,16-17H,6-8H2,1-2H3. The van der Waals surface area contributed by atoms with E-state index in [1.54, 1.807) is 13.1 Å². The number of hydrogen-bond acceptors (Lipinski definition) is 5. The summed E-state index contributed by atoms with van der Waals surface area (Å²) in [6.07, 6.45) is 1.07. The van der Waals surface area contributed by atoms with Crippen LogP contribution < -0.4 is 4.90 Å². The molecule has 3 unspecified atom stereocenters. The minimum absolute atomic E-state index is 0.0302. The average Bonchev–Trinajstić information content (AvgIpc) is 2.39. The molecular formula is C13H20N2O3. The third-order valence-electron chi connectivity index (χ3n) is 3.24. The molecule has 1 aromatic heterocycles. The van der Waals surface area contributed by atoms with Crippen molar-refractivity contribution in [3.8, 4) is 0 Å². The van der Waals surface area contributed by atoms with Gasteiger partial charge in [0.15, 0.2) is 0 Å². The predicted octanol–water partition coefficient (Wildman–Crippen LogP) is 0.721. The average molecular weight is 252 g/mol. The lowest BCUT2D eigenvalue weighted by Crippen LogP contribution is -2.49. The van der Waals surface area contributed by atoms with E-state index in [0.717, 1.165) is 5.69 Å². The number of aliphatic hydroxyl groups is 2. The second-order valence-electron chi connectivity index (χ2n) is 4.76. The van der Waals surface area contributed by atoms with Gasteiger partial charge in [-0.25, -0.2) is 0 Å². The van der Waals surface area contributed by atoms with Crippen molar-refractivity contribution in [3.63, 3.8) is 0 Å². The van der Waals surface area contributed by atoms with Gasteiger partial charge in [-0.1, -0.05) is 0 Å². The van der Waals surface area contributed by atoms with E-state index in [0.29, 0.717) is 18.8 Å². The van der Waals surface area contributed by atoms with Crippen LogP contribution in [0.5, 0.6) is 0 Å². The number of ether oxygens (including phenoxy) is 1. The van der Waals surface area contributed by atoms with E-state index >= 15 is 0 Å². The molecule has 0 radical (unpaired) electrons. The lowest BCUT2D eigenvalue weighted by Gasteiger charge is -2.38. The molecular weight excluding hydrogens is 232 g/mol. The number of anilines is 1. The van der Waals surface area contributed by atoms with Crippen LogP contribution in [-0.2, 0) is 4.74 Å². The van der Waals surface area contributed by atoms with Crippen molar-refractivity contribution >= 4 is 5.69 Å². The van der Waals surface area contributed by atoms with Gasteiger partial charge < -0.3 is 19.8 Å². The predicted molar refractivity (Wildman–Crippen MR) is 68.5 cm³/mol. The van der Waals surface area contributed by atoms with Crippen LogP contribution in [-0.4, -0.2) is 47.1 Å². The van der Waals surface area contributed by atoms with Crippen LogP contribution >= 0.6 is 0 Å². The first-order valence-electron chi connectivity index (χ1n) is 6.25. The molecule has 100 valence electrons. The minimum atomic E-state index is -0.550. The Kier molecular flexibility index (Phi) is 4.16. The summed E-state index contributed by atoms with van der Waals surface area (Å²) in [7, 11) is 0. The molecule has 1 saturated heterocycles. The van der Waals surface area contributed by atoms with Crippen LogP contribution in [0.2, 0.25) is 0 Å². The van der Waals surface area contributed by atoms with Crippen LogP contribution in [0.4, 0.5) is 5.69 Å². The van der Waals surface area contributed by atoms with Gasteiger partial charge in [0.05, 0.1) is 43.0 Å². The van der Waals surface area contributed by atoms with E-state index in [1.165, 1.54) is 0 Å². The summed E-state index contributed by atoms with van der Waals surface area (Å²) in [6, 6.07) is 4.04. The highest BCUT2D eigenvalue weighted by Crippen LogP contribution is 2.22. The fraction of sp³-hybridized carbons (Fsp3) is 0.615. The van der Waals surface area contributed by atoms with Crippen molar-refractivity contribution in [2.75, 3.05) is 24.7 Å². The highest BCUT2D eigenvalue weighted by molar-refractivity contribution is 5.46. The Morgan fingerprint density at radius 2 is 2.33 bits per heavy atom. The molecule has 1 aliphatic heterocycles. The Bertz CT molecular complexity index is 380. The molecule has 0 spiro atoms. The van der Waals surface area contributed by atoms with Gasteiger partial charge in [0.2, 0.25) is 0 Å². The molecule has 0 amide bonds. The minimum Gasteiger partial charge on any atom is -0.394 e. The first kappa shape index (κ1) is 13.3. The van der Waals surface area contributed by atoms with Crippen molar-refractivity contribution in [2.24, 2.45) is 0 Å². The SMILES string of the molecule is CC(O)c1ccc(N2CC(CO)OCC2C)cn1. The molecule has 1 fully saturated rings. The van der Waals surface area contributed by atoms with Crippen molar-refractivity contribution in [1.29, 1.82) is 0 Å². The molecule has 1 aliphatic rings. The Labute approximate surface area is 107 Å². The van der Waals surface area contributed by atoms with E-state index in [4.69, 9.17) is 9.84 Å². The summed E-state index contributed by atoms with van der Waals surface area (Å²) in [4.78, 5) is 6.41. The summed E-state index contributed by atoms with van der Waals surface area (Å²) in [5.41, 5.74) is 1.66. The molecule has 5 heteroatoms. The highest BCUT2D eigenvalue weighted by atomic mass is 16.5. The third-order valence-corrected chi connectivity index (χ3v) is 3.24. The molecule has 0 bridgehead atoms. The normalized spacial score (nSPS) is 26.1. The van der Waals surface area contributed by atoms with Gasteiger partial charge in [0.25, 0.3) is 0 Å². The Hall–Kier alpha value is -1.17. The largest absolute Gasteiger partial charge is 0.394 e. The van der Waals surface area contributed by atoms with Crippen LogP contribution in [0.1, 0.15) is 25.6 Å². The zero-order valence-electron chi connectivity index (χ0n) is 10.8. The van der Waals surface area contributed by atoms with Gasteiger partial charge in [-0.15, -0.1) is 0 Å². The molecule has 18 heavy (non-hydrogen) atoms. The molecule has 2 heterocycles. The number of pyridine rings is 1. The second-order valence-corrected chi connectivity index (χ2v) is 4.76. The van der Waals surface area contributed by atoms with Gasteiger partial charge in [-0.3, -0.25) is 4.98 Å². The van der Waals surface area contributed by atoms with Gasteiger partial charge >= 0.3 is 0 Å². The van der Waals surface area contributed by atoms with Gasteiger partial charge in [-0.05, 0) is 26.0 Å². The second kappa shape index (κ2) is 5.65. The molecule has 0 aromatic carbocycles. The molecule has 2 N–H and O–H groups in total. The maximum atomic E-state index is 9.43. The Balaban J connectivity index is 2.13. The number of aromatic nitrogens is 1. The zero-order chi connectivity index (χ0) is 13.1. The summed E-state index contributed by atoms with van der Waals surface area (Å²) < 4.78 is 5.50. The van der Waals surface area contributed by atoms with Crippen LogP contribution in [0.3, 0.4) is 0 Å². The van der Waals surface area contributed by atoms with Gasteiger partial charge in [0, 0.05) is 12.6 Å². The maximum Gasteiger partial charge on any atom is 0.0981 e. The maximum absolute atomic E-state index is 9.43. The quantitative estimate of drug-likeness (QED) is 0.830. The van der Waals surface area contributed by atoms with Crippen molar-refractivity contribution in [3.05, 3.63) is 24.0 Å². The smallest absolute Gasteiger partial charge is 0.0981 e. The summed E-state index contributed by atoms with van der Waals surface area (Å²) in [5, 5.41) is 18.6. The fourth-order valence-corrected chi connectivity index (χ4v) is 2.10. The molecule has 1 aromatic rings. The van der Waals surface area contributed by atoms with E-state index in [2.05, 4.69) is 16.8 Å². The van der Waals surface area contributed by atoms with E-state index < -0.39 is 6.10 Å². The third kappa shape index (κ3) is 2.80. The Morgan fingerprint density at radius 3 is 2.89 bits per heavy atom. The summed E-state index contributed by atoms with van der Waals surface area (Å²) in [6.45, 7) is 5.07. The molecule has 5 nitrogen and oxygen atoms in total. The topological polar surface area (TPSA) is 65.8 Å². The monoisotopic (exact) mass is 252 g/mol. The lowest BCUT2D eigenvalue weighted by molar-refractivity contribution is -0.0103. The van der Waals surface area contributed by atoms with Crippen LogP contribution in [0.15, 0.2) is 18.3 Å². The number of rotatable bonds is 3. The van der Waals surface area contributed by atoms with E-state index in [1.807, 2.05) is 12.1 Å². The number of nitrogens with zero attached hydrogens (tertiary/aromatic N) is 2. The number of hydrogen-bond donors (Lipinski definition) is 2. The van der Waals surface area contributed by atoms with Gasteiger partial charge in [0.1, 0.15) is 0 Å². The molecule has 0 aliphatic carbocycles. The zero-order valence-corrected chi connectivity index (χ0v) is 10.8.